The van der Waals surface area contributed by atoms with Crippen molar-refractivity contribution in [3.63, 3.8) is 0 Å². The topological polar surface area (TPSA) is 103 Å². The van der Waals surface area contributed by atoms with Crippen molar-refractivity contribution >= 4 is 56.5 Å². The molecule has 0 atom stereocenters. The molecule has 0 bridgehead atoms. The number of ether oxygens (including phenoxy) is 1. The minimum Gasteiger partial charge on any atom is -0.491 e. The van der Waals surface area contributed by atoms with Crippen molar-refractivity contribution in [3.05, 3.63) is 53.9 Å². The van der Waals surface area contributed by atoms with Gasteiger partial charge in [-0.15, -0.1) is 23.7 Å². The van der Waals surface area contributed by atoms with Gasteiger partial charge in [-0.25, -0.2) is 9.97 Å². The smallest absolute Gasteiger partial charge is 0.258 e. The van der Waals surface area contributed by atoms with Crippen LogP contribution in [0.2, 0.25) is 0 Å². The molecule has 28 heavy (non-hydrogen) atoms. The number of benzene rings is 1. The number of thiophene rings is 1. The standard InChI is InChI=1S/C19H17N5O2S.ClH/c20-4-2-6-26-16-8-14-12(3-1-5-22-14)7-15(16)24-19(25)13-10-27-17-9-21-11-23-18(13)17;/h1,3,5,7-11H,2,4,6,20H2,(H,24,25);1H. The largest absolute Gasteiger partial charge is 0.491 e. The Bertz CT molecular complexity index is 1120. The number of nitrogens with one attached hydrogen (secondary N) is 1. The molecule has 0 saturated carbocycles. The van der Waals surface area contributed by atoms with Crippen molar-refractivity contribution in [2.45, 2.75) is 6.42 Å². The summed E-state index contributed by atoms with van der Waals surface area (Å²) in [5.41, 5.74) is 8.08. The van der Waals surface area contributed by atoms with Crippen LogP contribution < -0.4 is 15.8 Å². The summed E-state index contributed by atoms with van der Waals surface area (Å²) in [6, 6.07) is 7.48. The lowest BCUT2D eigenvalue weighted by molar-refractivity contribution is 0.102. The number of pyridine rings is 1. The van der Waals surface area contributed by atoms with E-state index in [0.717, 1.165) is 22.0 Å². The predicted molar refractivity (Wildman–Crippen MR) is 114 cm³/mol. The van der Waals surface area contributed by atoms with Gasteiger partial charge in [0, 0.05) is 29.2 Å². The Labute approximate surface area is 171 Å². The van der Waals surface area contributed by atoms with Gasteiger partial charge in [-0.2, -0.15) is 0 Å². The Morgan fingerprint density at radius 3 is 3.04 bits per heavy atom. The monoisotopic (exact) mass is 415 g/mol. The average molecular weight is 416 g/mol. The van der Waals surface area contributed by atoms with Gasteiger partial charge >= 0.3 is 0 Å². The van der Waals surface area contributed by atoms with E-state index in [0.29, 0.717) is 35.7 Å². The number of halogens is 1. The van der Waals surface area contributed by atoms with Crippen molar-refractivity contribution in [2.75, 3.05) is 18.5 Å². The summed E-state index contributed by atoms with van der Waals surface area (Å²) in [5, 5.41) is 5.64. The van der Waals surface area contributed by atoms with Gasteiger partial charge in [0.25, 0.3) is 5.91 Å². The van der Waals surface area contributed by atoms with E-state index in [1.807, 2.05) is 24.3 Å². The number of anilines is 1. The van der Waals surface area contributed by atoms with E-state index in [1.54, 1.807) is 17.8 Å². The summed E-state index contributed by atoms with van der Waals surface area (Å²) in [5.74, 6) is 0.323. The highest BCUT2D eigenvalue weighted by Crippen LogP contribution is 2.31. The van der Waals surface area contributed by atoms with Gasteiger partial charge in [-0.1, -0.05) is 6.07 Å². The zero-order chi connectivity index (χ0) is 18.6. The van der Waals surface area contributed by atoms with Crippen LogP contribution in [0.4, 0.5) is 5.69 Å². The zero-order valence-corrected chi connectivity index (χ0v) is 16.4. The van der Waals surface area contributed by atoms with Gasteiger partial charge in [0.1, 0.15) is 12.1 Å². The van der Waals surface area contributed by atoms with Gasteiger partial charge in [0.2, 0.25) is 0 Å². The molecule has 0 aliphatic carbocycles. The molecule has 3 aromatic heterocycles. The fourth-order valence-corrected chi connectivity index (χ4v) is 3.58. The molecule has 0 fully saturated rings. The molecule has 3 N–H and O–H groups in total. The second-order valence-corrected chi connectivity index (χ2v) is 6.79. The molecule has 0 saturated heterocycles. The third kappa shape index (κ3) is 4.04. The summed E-state index contributed by atoms with van der Waals surface area (Å²) in [6.07, 6.45) is 5.59. The van der Waals surface area contributed by atoms with Crippen LogP contribution >= 0.6 is 23.7 Å². The molecule has 4 rings (SSSR count). The van der Waals surface area contributed by atoms with E-state index in [9.17, 15) is 4.79 Å². The first kappa shape index (κ1) is 19.9. The number of nitrogens with two attached hydrogens (primary N) is 1. The van der Waals surface area contributed by atoms with Gasteiger partial charge in [-0.05, 0) is 25.1 Å². The first-order valence-electron chi connectivity index (χ1n) is 8.46. The molecular weight excluding hydrogens is 398 g/mol. The highest BCUT2D eigenvalue weighted by atomic mass is 35.5. The Balaban J connectivity index is 0.00000225. The van der Waals surface area contributed by atoms with Crippen molar-refractivity contribution in [1.29, 1.82) is 0 Å². The normalized spacial score (nSPS) is 10.6. The van der Waals surface area contributed by atoms with Crippen LogP contribution in [0.5, 0.6) is 5.75 Å². The summed E-state index contributed by atoms with van der Waals surface area (Å²) in [7, 11) is 0. The molecule has 0 spiro atoms. The summed E-state index contributed by atoms with van der Waals surface area (Å²) < 4.78 is 6.70. The first-order chi connectivity index (χ1) is 13.3. The van der Waals surface area contributed by atoms with Crippen molar-refractivity contribution in [1.82, 2.24) is 15.0 Å². The number of fused-ring (bicyclic) bond motifs is 2. The van der Waals surface area contributed by atoms with E-state index in [2.05, 4.69) is 20.3 Å². The van der Waals surface area contributed by atoms with Crippen LogP contribution in [0.15, 0.2) is 48.4 Å². The summed E-state index contributed by atoms with van der Waals surface area (Å²) >= 11 is 1.44. The fourth-order valence-electron chi connectivity index (χ4n) is 2.72. The minimum absolute atomic E-state index is 0. The third-order valence-corrected chi connectivity index (χ3v) is 4.95. The van der Waals surface area contributed by atoms with Gasteiger partial charge in [0.15, 0.2) is 0 Å². The lowest BCUT2D eigenvalue weighted by Crippen LogP contribution is -2.14. The van der Waals surface area contributed by atoms with Crippen molar-refractivity contribution in [3.8, 4) is 5.75 Å². The number of carbonyl (C=O) groups is 1. The quantitative estimate of drug-likeness (QED) is 0.466. The molecule has 0 unspecified atom stereocenters. The third-order valence-electron chi connectivity index (χ3n) is 4.04. The molecule has 0 radical (unpaired) electrons. The minimum atomic E-state index is -0.244. The molecule has 1 aromatic carbocycles. The number of carbonyl (C=O) groups excluding carboxylic acids is 1. The number of rotatable bonds is 6. The number of hydrogen-bond donors (Lipinski definition) is 2. The van der Waals surface area contributed by atoms with Gasteiger partial charge in [-0.3, -0.25) is 9.78 Å². The van der Waals surface area contributed by atoms with Crippen LogP contribution in [0.1, 0.15) is 16.8 Å². The molecule has 3 heterocycles. The van der Waals surface area contributed by atoms with Gasteiger partial charge < -0.3 is 15.8 Å². The molecule has 4 aromatic rings. The SMILES string of the molecule is Cl.NCCCOc1cc2ncccc2cc1NC(=O)c1csc2cncnc12. The number of nitrogens with zero attached hydrogens (tertiary/aromatic N) is 3. The van der Waals surface area contributed by atoms with Crippen LogP contribution in [0.25, 0.3) is 21.1 Å². The Morgan fingerprint density at radius 1 is 1.29 bits per heavy atom. The molecular formula is C19H18ClN5O2S. The maximum absolute atomic E-state index is 12.9. The van der Waals surface area contributed by atoms with Gasteiger partial charge in [0.05, 0.1) is 33.6 Å². The summed E-state index contributed by atoms with van der Waals surface area (Å²) in [4.78, 5) is 25.4. The molecule has 9 heteroatoms. The second-order valence-electron chi connectivity index (χ2n) is 5.87. The first-order valence-corrected chi connectivity index (χ1v) is 9.34. The van der Waals surface area contributed by atoms with Crippen LogP contribution in [-0.4, -0.2) is 34.0 Å². The second kappa shape index (κ2) is 8.92. The van der Waals surface area contributed by atoms with Crippen molar-refractivity contribution < 1.29 is 9.53 Å². The van der Waals surface area contributed by atoms with E-state index in [1.165, 1.54) is 17.7 Å². The highest BCUT2D eigenvalue weighted by molar-refractivity contribution is 7.17. The molecule has 1 amide bonds. The Hall–Kier alpha value is -2.81. The van der Waals surface area contributed by atoms with Crippen molar-refractivity contribution in [2.24, 2.45) is 5.73 Å². The molecule has 0 aliphatic rings. The lowest BCUT2D eigenvalue weighted by Gasteiger charge is -2.13. The highest BCUT2D eigenvalue weighted by Gasteiger charge is 2.16. The molecule has 0 aliphatic heterocycles. The van der Waals surface area contributed by atoms with E-state index in [-0.39, 0.29) is 18.3 Å². The number of aromatic nitrogens is 3. The maximum atomic E-state index is 12.9. The number of amides is 1. The lowest BCUT2D eigenvalue weighted by atomic mass is 10.1. The average Bonchev–Trinajstić information content (AvgIpc) is 3.13. The number of hydrogen-bond acceptors (Lipinski definition) is 7. The van der Waals surface area contributed by atoms with Crippen LogP contribution in [0.3, 0.4) is 0 Å². The van der Waals surface area contributed by atoms with E-state index in [4.69, 9.17) is 10.5 Å². The Kier molecular flexibility index (Phi) is 6.35. The fraction of sp³-hybridized carbons (Fsp3) is 0.158. The zero-order valence-electron chi connectivity index (χ0n) is 14.8. The molecule has 7 nitrogen and oxygen atoms in total. The van der Waals surface area contributed by atoms with Crippen LogP contribution in [-0.2, 0) is 0 Å². The Morgan fingerprint density at radius 2 is 2.18 bits per heavy atom. The maximum Gasteiger partial charge on any atom is 0.258 e. The summed E-state index contributed by atoms with van der Waals surface area (Å²) in [6.45, 7) is 1.00. The predicted octanol–water partition coefficient (Wildman–Crippen LogP) is 3.64. The van der Waals surface area contributed by atoms with E-state index < -0.39 is 0 Å². The van der Waals surface area contributed by atoms with Crippen LogP contribution in [0, 0.1) is 0 Å². The van der Waals surface area contributed by atoms with E-state index >= 15 is 0 Å². The molecule has 144 valence electrons.